The largest absolute Gasteiger partial charge is 0.495 e. The van der Waals surface area contributed by atoms with Crippen LogP contribution in [0.5, 0.6) is 5.75 Å². The first-order valence-electron chi connectivity index (χ1n) is 6.84. The van der Waals surface area contributed by atoms with Crippen molar-refractivity contribution in [3.05, 3.63) is 57.8 Å². The Morgan fingerprint density at radius 3 is 2.57 bits per heavy atom. The molecule has 0 bridgehead atoms. The number of aromatic nitrogens is 1. The van der Waals surface area contributed by atoms with Gasteiger partial charge in [-0.25, -0.2) is 0 Å². The minimum atomic E-state index is -0.114. The third-order valence-corrected chi connectivity index (χ3v) is 3.55. The fraction of sp³-hybridized carbons (Fsp3) is 0.312. The number of hydrogen-bond donors (Lipinski definition) is 1. The maximum absolute atomic E-state index is 6.13. The maximum atomic E-state index is 6.13. The summed E-state index contributed by atoms with van der Waals surface area (Å²) < 4.78 is 5.42. The van der Waals surface area contributed by atoms with Crippen LogP contribution in [-0.2, 0) is 0 Å². The van der Waals surface area contributed by atoms with Gasteiger partial charge in [0.05, 0.1) is 13.2 Å². The summed E-state index contributed by atoms with van der Waals surface area (Å²) in [5.41, 5.74) is 1.80. The Kier molecular flexibility index (Phi) is 5.85. The van der Waals surface area contributed by atoms with Crippen molar-refractivity contribution >= 4 is 23.2 Å². The highest BCUT2D eigenvalue weighted by molar-refractivity contribution is 6.34. The second-order valence-corrected chi connectivity index (χ2v) is 5.55. The number of pyridine rings is 1. The maximum Gasteiger partial charge on any atom is 0.142 e. The SMILES string of the molecule is CCCNC(c1cc(Cl)cc(Cl)c1)c1ncccc1OC. The average Bonchev–Trinajstić information content (AvgIpc) is 2.47. The zero-order valence-corrected chi connectivity index (χ0v) is 13.6. The first-order valence-corrected chi connectivity index (χ1v) is 7.59. The van der Waals surface area contributed by atoms with Crippen LogP contribution >= 0.6 is 23.2 Å². The van der Waals surface area contributed by atoms with Crippen LogP contribution in [0, 0.1) is 0 Å². The molecule has 1 aromatic heterocycles. The molecule has 3 nitrogen and oxygen atoms in total. The van der Waals surface area contributed by atoms with E-state index in [4.69, 9.17) is 27.9 Å². The molecule has 1 aromatic carbocycles. The molecule has 0 aliphatic heterocycles. The fourth-order valence-electron chi connectivity index (χ4n) is 2.20. The molecule has 1 unspecified atom stereocenters. The van der Waals surface area contributed by atoms with E-state index in [0.717, 1.165) is 30.0 Å². The molecule has 0 saturated heterocycles. The van der Waals surface area contributed by atoms with Crippen molar-refractivity contribution in [3.63, 3.8) is 0 Å². The van der Waals surface area contributed by atoms with Gasteiger partial charge in [0.1, 0.15) is 11.4 Å². The van der Waals surface area contributed by atoms with Crippen molar-refractivity contribution in [1.29, 1.82) is 0 Å². The van der Waals surface area contributed by atoms with Gasteiger partial charge in [0.2, 0.25) is 0 Å². The number of nitrogens with zero attached hydrogens (tertiary/aromatic N) is 1. The van der Waals surface area contributed by atoms with Crippen LogP contribution in [0.15, 0.2) is 36.5 Å². The molecule has 5 heteroatoms. The van der Waals surface area contributed by atoms with Crippen LogP contribution in [0.3, 0.4) is 0 Å². The van der Waals surface area contributed by atoms with E-state index in [9.17, 15) is 0 Å². The minimum Gasteiger partial charge on any atom is -0.495 e. The third kappa shape index (κ3) is 4.10. The van der Waals surface area contributed by atoms with Crippen LogP contribution in [0.1, 0.15) is 30.6 Å². The highest BCUT2D eigenvalue weighted by atomic mass is 35.5. The highest BCUT2D eigenvalue weighted by Gasteiger charge is 2.19. The Morgan fingerprint density at radius 1 is 1.24 bits per heavy atom. The molecular formula is C16H18Cl2N2O. The quantitative estimate of drug-likeness (QED) is 0.850. The van der Waals surface area contributed by atoms with Gasteiger partial charge in [-0.05, 0) is 48.9 Å². The Morgan fingerprint density at radius 2 is 1.95 bits per heavy atom. The van der Waals surface area contributed by atoms with Crippen LogP contribution in [0.2, 0.25) is 10.0 Å². The zero-order valence-electron chi connectivity index (χ0n) is 12.1. The van der Waals surface area contributed by atoms with Gasteiger partial charge in [0, 0.05) is 16.2 Å². The second-order valence-electron chi connectivity index (χ2n) is 4.68. The van der Waals surface area contributed by atoms with Gasteiger partial charge < -0.3 is 10.1 Å². The summed E-state index contributed by atoms with van der Waals surface area (Å²) in [5, 5.41) is 4.69. The summed E-state index contributed by atoms with van der Waals surface area (Å²) >= 11 is 12.3. The molecule has 0 spiro atoms. The van der Waals surface area contributed by atoms with Crippen molar-refractivity contribution < 1.29 is 4.74 Å². The Labute approximate surface area is 135 Å². The summed E-state index contributed by atoms with van der Waals surface area (Å²) in [7, 11) is 1.64. The predicted octanol–water partition coefficient (Wildman–Crippen LogP) is 4.49. The molecule has 0 amide bonds. The number of rotatable bonds is 6. The van der Waals surface area contributed by atoms with Crippen molar-refractivity contribution in [2.75, 3.05) is 13.7 Å². The monoisotopic (exact) mass is 324 g/mol. The fourth-order valence-corrected chi connectivity index (χ4v) is 2.74. The number of benzene rings is 1. The lowest BCUT2D eigenvalue weighted by Gasteiger charge is -2.21. The Balaban J connectivity index is 2.46. The Hall–Kier alpha value is -1.29. The molecule has 0 radical (unpaired) electrons. The van der Waals surface area contributed by atoms with E-state index in [2.05, 4.69) is 17.2 Å². The molecule has 1 atom stereocenters. The first-order chi connectivity index (χ1) is 10.2. The topological polar surface area (TPSA) is 34.2 Å². The molecule has 0 fully saturated rings. The summed E-state index contributed by atoms with van der Waals surface area (Å²) in [4.78, 5) is 4.46. The van der Waals surface area contributed by atoms with Crippen LogP contribution in [0.25, 0.3) is 0 Å². The molecule has 2 rings (SSSR count). The van der Waals surface area contributed by atoms with Crippen molar-refractivity contribution in [2.24, 2.45) is 0 Å². The lowest BCUT2D eigenvalue weighted by Crippen LogP contribution is -2.24. The highest BCUT2D eigenvalue weighted by Crippen LogP contribution is 2.31. The van der Waals surface area contributed by atoms with E-state index in [1.54, 1.807) is 19.4 Å². The molecule has 0 aliphatic carbocycles. The van der Waals surface area contributed by atoms with Crippen molar-refractivity contribution in [3.8, 4) is 5.75 Å². The molecule has 112 valence electrons. The lowest BCUT2D eigenvalue weighted by molar-refractivity contribution is 0.400. The summed E-state index contributed by atoms with van der Waals surface area (Å²) in [6, 6.07) is 9.15. The van der Waals surface area contributed by atoms with E-state index in [-0.39, 0.29) is 6.04 Å². The van der Waals surface area contributed by atoms with Crippen molar-refractivity contribution in [1.82, 2.24) is 10.3 Å². The Bertz CT molecular complexity index is 584. The standard InChI is InChI=1S/C16H18Cl2N2O/c1-3-6-19-15(11-8-12(17)10-13(18)9-11)16-14(21-2)5-4-7-20-16/h4-5,7-10,15,19H,3,6H2,1-2H3. The van der Waals surface area contributed by atoms with Gasteiger partial charge in [-0.15, -0.1) is 0 Å². The number of hydrogen-bond acceptors (Lipinski definition) is 3. The van der Waals surface area contributed by atoms with Gasteiger partial charge in [-0.3, -0.25) is 4.98 Å². The van der Waals surface area contributed by atoms with Gasteiger partial charge in [0.15, 0.2) is 0 Å². The zero-order chi connectivity index (χ0) is 15.2. The van der Waals surface area contributed by atoms with E-state index in [0.29, 0.717) is 10.0 Å². The molecular weight excluding hydrogens is 307 g/mol. The summed E-state index contributed by atoms with van der Waals surface area (Å²) in [6.07, 6.45) is 2.77. The van der Waals surface area contributed by atoms with Crippen molar-refractivity contribution in [2.45, 2.75) is 19.4 Å². The molecule has 2 aromatic rings. The number of methoxy groups -OCH3 is 1. The second kappa shape index (κ2) is 7.64. The number of ether oxygens (including phenoxy) is 1. The molecule has 1 N–H and O–H groups in total. The van der Waals surface area contributed by atoms with Crippen LogP contribution in [0.4, 0.5) is 0 Å². The molecule has 21 heavy (non-hydrogen) atoms. The normalized spacial score (nSPS) is 12.2. The summed E-state index contributed by atoms with van der Waals surface area (Å²) in [6.45, 7) is 2.97. The molecule has 0 aliphatic rings. The van der Waals surface area contributed by atoms with Gasteiger partial charge in [-0.1, -0.05) is 30.1 Å². The predicted molar refractivity (Wildman–Crippen MR) is 87.4 cm³/mol. The first kappa shape index (κ1) is 16.1. The van der Waals surface area contributed by atoms with Crippen LogP contribution < -0.4 is 10.1 Å². The van der Waals surface area contributed by atoms with E-state index in [1.165, 1.54) is 0 Å². The van der Waals surface area contributed by atoms with Crippen LogP contribution in [-0.4, -0.2) is 18.6 Å². The third-order valence-electron chi connectivity index (χ3n) is 3.11. The lowest BCUT2D eigenvalue weighted by atomic mass is 10.0. The number of halogens is 2. The van der Waals surface area contributed by atoms with E-state index >= 15 is 0 Å². The van der Waals surface area contributed by atoms with E-state index in [1.807, 2.05) is 24.3 Å². The number of nitrogens with one attached hydrogen (secondary N) is 1. The molecule has 1 heterocycles. The average molecular weight is 325 g/mol. The van der Waals surface area contributed by atoms with Gasteiger partial charge >= 0.3 is 0 Å². The van der Waals surface area contributed by atoms with E-state index < -0.39 is 0 Å². The van der Waals surface area contributed by atoms with Gasteiger partial charge in [-0.2, -0.15) is 0 Å². The molecule has 0 saturated carbocycles. The van der Waals surface area contributed by atoms with Gasteiger partial charge in [0.25, 0.3) is 0 Å². The smallest absolute Gasteiger partial charge is 0.142 e. The minimum absolute atomic E-state index is 0.114. The summed E-state index contributed by atoms with van der Waals surface area (Å²) in [5.74, 6) is 0.738.